The molecule has 0 spiro atoms. The first-order chi connectivity index (χ1) is 6.08. The van der Waals surface area contributed by atoms with Crippen LogP contribution in [0.4, 0.5) is 4.53 Å². The molecule has 13 heavy (non-hydrogen) atoms. The molecule has 0 unspecified atom stereocenters. The number of aldehydes is 1. The second-order valence-electron chi connectivity index (χ2n) is 2.42. The summed E-state index contributed by atoms with van der Waals surface area (Å²) in [6.07, 6.45) is -7.41. The van der Waals surface area contributed by atoms with Crippen molar-refractivity contribution in [2.45, 2.75) is 24.4 Å². The van der Waals surface area contributed by atoms with E-state index in [0.717, 1.165) is 0 Å². The van der Waals surface area contributed by atoms with Crippen LogP contribution >= 0.6 is 0 Å². The van der Waals surface area contributed by atoms with Gasteiger partial charge in [-0.2, -0.15) is 4.94 Å². The van der Waals surface area contributed by atoms with Crippen molar-refractivity contribution >= 4 is 6.29 Å². The Hall–Kier alpha value is -0.600. The Morgan fingerprint density at radius 1 is 1.38 bits per heavy atom. The molecule has 0 fully saturated rings. The Morgan fingerprint density at radius 2 is 1.92 bits per heavy atom. The molecule has 0 amide bonds. The Morgan fingerprint density at radius 3 is 2.23 bits per heavy atom. The predicted molar refractivity (Wildman–Crippen MR) is 37.2 cm³/mol. The van der Waals surface area contributed by atoms with Gasteiger partial charge in [-0.25, -0.2) is 0 Å². The lowest BCUT2D eigenvalue weighted by molar-refractivity contribution is -0.250. The highest BCUT2D eigenvalue weighted by molar-refractivity contribution is 5.56. The minimum absolute atomic E-state index is 0.0409. The number of carbonyl (C=O) groups is 1. The molecule has 0 aromatic carbocycles. The van der Waals surface area contributed by atoms with Gasteiger partial charge in [-0.3, -0.25) is 0 Å². The van der Waals surface area contributed by atoms with Gasteiger partial charge < -0.3 is 25.2 Å². The molecule has 0 saturated carbocycles. The summed E-state index contributed by atoms with van der Waals surface area (Å²) in [5, 5.41) is 34.9. The summed E-state index contributed by atoms with van der Waals surface area (Å²) in [7, 11) is 0. The minimum Gasteiger partial charge on any atom is -0.394 e. The van der Waals surface area contributed by atoms with Crippen molar-refractivity contribution in [2.24, 2.45) is 0 Å². The first kappa shape index (κ1) is 12.4. The molecule has 0 bridgehead atoms. The number of hydrogen-bond donors (Lipinski definition) is 4. The van der Waals surface area contributed by atoms with Crippen molar-refractivity contribution in [3.63, 3.8) is 0 Å². The maximum Gasteiger partial charge on any atom is 0.155 e. The van der Waals surface area contributed by atoms with Crippen molar-refractivity contribution in [2.75, 3.05) is 6.61 Å². The van der Waals surface area contributed by atoms with Gasteiger partial charge in [-0.1, -0.05) is 0 Å². The minimum atomic E-state index is -1.93. The SMILES string of the molecule is O=C[C@H](O)[C@@H](O)[C@H](OF)[C@H](O)CO. The molecule has 0 aromatic heterocycles. The van der Waals surface area contributed by atoms with E-state index in [4.69, 9.17) is 20.4 Å². The predicted octanol–water partition coefficient (Wildman–Crippen LogP) is -2.47. The van der Waals surface area contributed by atoms with Crippen LogP contribution in [0.3, 0.4) is 0 Å². The topological polar surface area (TPSA) is 107 Å². The molecule has 0 aromatic rings. The van der Waals surface area contributed by atoms with Gasteiger partial charge in [-0.15, -0.1) is 0 Å². The average molecular weight is 198 g/mol. The number of aliphatic hydroxyl groups is 4. The Labute approximate surface area is 73.1 Å². The van der Waals surface area contributed by atoms with Crippen molar-refractivity contribution in [1.29, 1.82) is 0 Å². The van der Waals surface area contributed by atoms with Crippen molar-refractivity contribution in [1.82, 2.24) is 0 Å². The number of hydrogen-bond acceptors (Lipinski definition) is 6. The molecule has 0 rings (SSSR count). The van der Waals surface area contributed by atoms with E-state index in [1.807, 2.05) is 0 Å². The Balaban J connectivity index is 4.29. The maximum atomic E-state index is 11.7. The molecule has 7 heteroatoms. The fourth-order valence-corrected chi connectivity index (χ4v) is 0.718. The van der Waals surface area contributed by atoms with E-state index in [2.05, 4.69) is 4.94 Å². The fourth-order valence-electron chi connectivity index (χ4n) is 0.718. The molecule has 0 saturated heterocycles. The third kappa shape index (κ3) is 3.33. The van der Waals surface area contributed by atoms with Crippen LogP contribution in [0, 0.1) is 0 Å². The van der Waals surface area contributed by atoms with Gasteiger partial charge in [0, 0.05) is 0 Å². The van der Waals surface area contributed by atoms with Crippen LogP contribution in [0.15, 0.2) is 0 Å². The van der Waals surface area contributed by atoms with Crippen LogP contribution in [-0.4, -0.2) is 57.7 Å². The standard InChI is InChI=1S/C6H11FO6/c7-13-6(4(11)2-9)5(12)3(10)1-8/h1,3-6,9-12H,2H2/t3-,4+,5+,6+/m0/s1. The van der Waals surface area contributed by atoms with Crippen LogP contribution in [0.2, 0.25) is 0 Å². The number of carbonyl (C=O) groups excluding carboxylic acids is 1. The smallest absolute Gasteiger partial charge is 0.155 e. The second kappa shape index (κ2) is 5.95. The summed E-state index contributed by atoms with van der Waals surface area (Å²) >= 11 is 0. The van der Waals surface area contributed by atoms with E-state index < -0.39 is 31.0 Å². The molecule has 4 N–H and O–H groups in total. The molecule has 0 heterocycles. The summed E-state index contributed by atoms with van der Waals surface area (Å²) in [6.45, 7) is -0.864. The van der Waals surface area contributed by atoms with Crippen molar-refractivity contribution < 1.29 is 34.7 Å². The van der Waals surface area contributed by atoms with Crippen molar-refractivity contribution in [3.05, 3.63) is 0 Å². The molecule has 0 aliphatic carbocycles. The van der Waals surface area contributed by atoms with Crippen LogP contribution in [-0.2, 0) is 9.74 Å². The molecule has 78 valence electrons. The van der Waals surface area contributed by atoms with Gasteiger partial charge >= 0.3 is 0 Å². The van der Waals surface area contributed by atoms with Gasteiger partial charge in [0.15, 0.2) is 12.4 Å². The molecular formula is C6H11FO6. The summed E-state index contributed by atoms with van der Waals surface area (Å²) in [5.41, 5.74) is 0. The molecule has 6 nitrogen and oxygen atoms in total. The number of rotatable bonds is 6. The van der Waals surface area contributed by atoms with Gasteiger partial charge in [-0.05, 0) is 4.53 Å². The summed E-state index contributed by atoms with van der Waals surface area (Å²) < 4.78 is 11.7. The van der Waals surface area contributed by atoms with Gasteiger partial charge in [0.25, 0.3) is 0 Å². The quantitative estimate of drug-likeness (QED) is 0.352. The van der Waals surface area contributed by atoms with E-state index in [-0.39, 0.29) is 6.29 Å². The highest BCUT2D eigenvalue weighted by atomic mass is 19.3. The highest BCUT2D eigenvalue weighted by Crippen LogP contribution is 2.08. The lowest BCUT2D eigenvalue weighted by atomic mass is 10.0. The lowest BCUT2D eigenvalue weighted by Gasteiger charge is -2.23. The van der Waals surface area contributed by atoms with Crippen LogP contribution in [0.1, 0.15) is 0 Å². The zero-order valence-electron chi connectivity index (χ0n) is 6.58. The van der Waals surface area contributed by atoms with Gasteiger partial charge in [0.1, 0.15) is 18.3 Å². The van der Waals surface area contributed by atoms with Crippen molar-refractivity contribution in [3.8, 4) is 0 Å². The lowest BCUT2D eigenvalue weighted by Crippen LogP contribution is -2.46. The maximum absolute atomic E-state index is 11.7. The monoisotopic (exact) mass is 198 g/mol. The van der Waals surface area contributed by atoms with E-state index in [1.165, 1.54) is 0 Å². The summed E-state index contributed by atoms with van der Waals surface area (Å²) in [4.78, 5) is 13.1. The van der Waals surface area contributed by atoms with Crippen LogP contribution < -0.4 is 0 Å². The fraction of sp³-hybridized carbons (Fsp3) is 0.833. The third-order valence-corrected chi connectivity index (χ3v) is 1.50. The first-order valence-electron chi connectivity index (χ1n) is 3.46. The summed E-state index contributed by atoms with van der Waals surface area (Å²) in [6, 6.07) is 0. The second-order valence-corrected chi connectivity index (χ2v) is 2.42. The molecule has 0 aliphatic rings. The van der Waals surface area contributed by atoms with E-state index in [1.54, 1.807) is 0 Å². The average Bonchev–Trinajstić information content (AvgIpc) is 2.17. The Bertz CT molecular complexity index is 154. The zero-order chi connectivity index (χ0) is 10.4. The summed E-state index contributed by atoms with van der Waals surface area (Å²) in [5.74, 6) is 0. The van der Waals surface area contributed by atoms with E-state index >= 15 is 0 Å². The van der Waals surface area contributed by atoms with Gasteiger partial charge in [0.05, 0.1) is 6.61 Å². The van der Waals surface area contributed by atoms with Gasteiger partial charge in [0.2, 0.25) is 0 Å². The van der Waals surface area contributed by atoms with Crippen LogP contribution in [0.25, 0.3) is 0 Å². The zero-order valence-corrected chi connectivity index (χ0v) is 6.58. The molecule has 0 aliphatic heterocycles. The molecule has 0 radical (unpaired) electrons. The Kier molecular flexibility index (Phi) is 5.67. The highest BCUT2D eigenvalue weighted by Gasteiger charge is 2.33. The number of aliphatic hydroxyl groups excluding tert-OH is 4. The van der Waals surface area contributed by atoms with Crippen LogP contribution in [0.5, 0.6) is 0 Å². The van der Waals surface area contributed by atoms with E-state index in [9.17, 15) is 9.32 Å². The first-order valence-corrected chi connectivity index (χ1v) is 3.46. The van der Waals surface area contributed by atoms with E-state index in [0.29, 0.717) is 0 Å². The third-order valence-electron chi connectivity index (χ3n) is 1.50. The molecule has 4 atom stereocenters. The normalized spacial score (nSPS) is 20.4. The number of halogens is 1. The molecular weight excluding hydrogens is 187 g/mol. The largest absolute Gasteiger partial charge is 0.394 e.